The second-order valence-electron chi connectivity index (χ2n) is 6.66. The Balaban J connectivity index is 2.55. The van der Waals surface area contributed by atoms with E-state index in [2.05, 4.69) is 0 Å². The molecule has 0 heterocycles. The summed E-state index contributed by atoms with van der Waals surface area (Å²) in [5.74, 6) is -3.76. The lowest BCUT2D eigenvalue weighted by Crippen LogP contribution is -2.54. The highest BCUT2D eigenvalue weighted by atomic mass is 16.6. The van der Waals surface area contributed by atoms with Gasteiger partial charge in [-0.2, -0.15) is 0 Å². The fraction of sp³-hybridized carbons (Fsp3) is 0.348. The van der Waals surface area contributed by atoms with Crippen LogP contribution >= 0.6 is 0 Å². The molecule has 0 bridgehead atoms. The van der Waals surface area contributed by atoms with Crippen LogP contribution in [-0.2, 0) is 19.1 Å². The Morgan fingerprint density at radius 2 is 1.41 bits per heavy atom. The van der Waals surface area contributed by atoms with Gasteiger partial charge in [0.15, 0.2) is 5.78 Å². The third kappa shape index (κ3) is 5.09. The van der Waals surface area contributed by atoms with Crippen LogP contribution in [-0.4, -0.2) is 41.6 Å². The predicted octanol–water partition coefficient (Wildman–Crippen LogP) is 3.21. The van der Waals surface area contributed by atoms with Crippen molar-refractivity contribution in [3.05, 3.63) is 71.3 Å². The first kappa shape index (κ1) is 22.3. The lowest BCUT2D eigenvalue weighted by Gasteiger charge is -2.32. The summed E-state index contributed by atoms with van der Waals surface area (Å²) < 4.78 is 9.97. The fourth-order valence-corrected chi connectivity index (χ4v) is 3.08. The summed E-state index contributed by atoms with van der Waals surface area (Å²) in [4.78, 5) is 38.3. The Bertz CT molecular complexity index is 823. The van der Waals surface area contributed by atoms with E-state index in [4.69, 9.17) is 9.47 Å². The molecule has 0 aliphatic rings. The van der Waals surface area contributed by atoms with Gasteiger partial charge in [-0.25, -0.2) is 9.59 Å². The Morgan fingerprint density at radius 1 is 0.897 bits per heavy atom. The van der Waals surface area contributed by atoms with Crippen molar-refractivity contribution in [2.45, 2.75) is 38.7 Å². The topological polar surface area (TPSA) is 89.9 Å². The van der Waals surface area contributed by atoms with Gasteiger partial charge in [0, 0.05) is 17.9 Å². The van der Waals surface area contributed by atoms with Crippen molar-refractivity contribution >= 4 is 17.7 Å². The van der Waals surface area contributed by atoms with E-state index in [0.29, 0.717) is 11.1 Å². The zero-order valence-corrected chi connectivity index (χ0v) is 16.9. The molecule has 6 heteroatoms. The monoisotopic (exact) mass is 398 g/mol. The Hall–Kier alpha value is -2.99. The second kappa shape index (κ2) is 9.98. The van der Waals surface area contributed by atoms with Crippen molar-refractivity contribution in [1.82, 2.24) is 0 Å². The fourth-order valence-electron chi connectivity index (χ4n) is 3.08. The highest BCUT2D eigenvalue weighted by molar-refractivity contribution is 6.06. The van der Waals surface area contributed by atoms with E-state index in [1.807, 2.05) is 6.92 Å². The van der Waals surface area contributed by atoms with Gasteiger partial charge in [-0.15, -0.1) is 0 Å². The molecular formula is C23H26O6. The standard InChI is InChI=1S/C23H26O6/c1-4-28-21(25)23(27,22(26)29-5-2)19(17-13-11-16(3)12-14-17)15-20(24)18-9-7-6-8-10-18/h6-14,19,27H,4-5,15H2,1-3H3. The zero-order valence-electron chi connectivity index (χ0n) is 16.9. The van der Waals surface area contributed by atoms with Crippen molar-refractivity contribution in [1.29, 1.82) is 0 Å². The maximum Gasteiger partial charge on any atom is 0.350 e. The van der Waals surface area contributed by atoms with Gasteiger partial charge in [0.1, 0.15) is 0 Å². The number of ketones is 1. The minimum atomic E-state index is -2.65. The molecule has 29 heavy (non-hydrogen) atoms. The van der Waals surface area contributed by atoms with Crippen LogP contribution in [0.25, 0.3) is 0 Å². The van der Waals surface area contributed by atoms with Crippen molar-refractivity contribution in [3.8, 4) is 0 Å². The minimum absolute atomic E-state index is 0.0339. The van der Waals surface area contributed by atoms with Crippen molar-refractivity contribution < 1.29 is 29.0 Å². The minimum Gasteiger partial charge on any atom is -0.463 e. The molecule has 1 unspecified atom stereocenters. The van der Waals surface area contributed by atoms with Crippen LogP contribution < -0.4 is 0 Å². The Morgan fingerprint density at radius 3 is 1.90 bits per heavy atom. The third-order valence-corrected chi connectivity index (χ3v) is 4.64. The molecule has 0 aromatic heterocycles. The number of aryl methyl sites for hydroxylation is 1. The molecule has 0 aliphatic heterocycles. The van der Waals surface area contributed by atoms with E-state index in [9.17, 15) is 19.5 Å². The van der Waals surface area contributed by atoms with Gasteiger partial charge in [0.2, 0.25) is 0 Å². The van der Waals surface area contributed by atoms with Gasteiger partial charge in [0.25, 0.3) is 5.60 Å². The first-order valence-corrected chi connectivity index (χ1v) is 9.56. The summed E-state index contributed by atoms with van der Waals surface area (Å²) in [6.07, 6.45) is -0.277. The molecule has 2 aromatic rings. The summed E-state index contributed by atoms with van der Waals surface area (Å²) in [6.45, 7) is 4.96. The zero-order chi connectivity index (χ0) is 21.4. The lowest BCUT2D eigenvalue weighted by atomic mass is 9.77. The van der Waals surface area contributed by atoms with Crippen LogP contribution in [0.5, 0.6) is 0 Å². The van der Waals surface area contributed by atoms with Crippen LogP contribution in [0, 0.1) is 6.92 Å². The highest BCUT2D eigenvalue weighted by Gasteiger charge is 2.55. The van der Waals surface area contributed by atoms with E-state index >= 15 is 0 Å². The third-order valence-electron chi connectivity index (χ3n) is 4.64. The molecule has 0 spiro atoms. The van der Waals surface area contributed by atoms with Gasteiger partial charge in [-0.1, -0.05) is 60.2 Å². The highest BCUT2D eigenvalue weighted by Crippen LogP contribution is 2.35. The number of Topliss-reactive ketones (excluding diaryl/α,β-unsaturated/α-hetero) is 1. The molecule has 0 aliphatic carbocycles. The van der Waals surface area contributed by atoms with Crippen molar-refractivity contribution in [2.75, 3.05) is 13.2 Å². The number of esters is 2. The molecule has 2 rings (SSSR count). The lowest BCUT2D eigenvalue weighted by molar-refractivity contribution is -0.186. The van der Waals surface area contributed by atoms with Gasteiger partial charge < -0.3 is 14.6 Å². The number of benzene rings is 2. The number of rotatable bonds is 9. The number of hydrogen-bond donors (Lipinski definition) is 1. The number of carbonyl (C=O) groups is 3. The largest absolute Gasteiger partial charge is 0.463 e. The summed E-state index contributed by atoms with van der Waals surface area (Å²) >= 11 is 0. The van der Waals surface area contributed by atoms with Crippen LogP contribution in [0.3, 0.4) is 0 Å². The number of aliphatic hydroxyl groups is 1. The molecule has 2 aromatic carbocycles. The van der Waals surface area contributed by atoms with E-state index in [1.54, 1.807) is 68.4 Å². The van der Waals surface area contributed by atoms with E-state index < -0.39 is 23.5 Å². The maximum absolute atomic E-state index is 12.9. The molecule has 1 atom stereocenters. The maximum atomic E-state index is 12.9. The smallest absolute Gasteiger partial charge is 0.350 e. The summed E-state index contributed by atoms with van der Waals surface area (Å²) in [5.41, 5.74) is -0.813. The second-order valence-corrected chi connectivity index (χ2v) is 6.66. The molecule has 6 nitrogen and oxygen atoms in total. The predicted molar refractivity (Wildman–Crippen MR) is 108 cm³/mol. The van der Waals surface area contributed by atoms with E-state index in [1.165, 1.54) is 0 Å². The van der Waals surface area contributed by atoms with E-state index in [0.717, 1.165) is 5.56 Å². The van der Waals surface area contributed by atoms with Crippen molar-refractivity contribution in [3.63, 3.8) is 0 Å². The van der Waals surface area contributed by atoms with Crippen LogP contribution in [0.15, 0.2) is 54.6 Å². The van der Waals surface area contributed by atoms with Crippen molar-refractivity contribution in [2.24, 2.45) is 0 Å². The first-order chi connectivity index (χ1) is 13.8. The van der Waals surface area contributed by atoms with Gasteiger partial charge in [-0.3, -0.25) is 4.79 Å². The first-order valence-electron chi connectivity index (χ1n) is 9.56. The molecule has 1 N–H and O–H groups in total. The number of carbonyl (C=O) groups excluding carboxylic acids is 3. The van der Waals surface area contributed by atoms with Gasteiger partial charge >= 0.3 is 11.9 Å². The Labute approximate surface area is 170 Å². The van der Waals surface area contributed by atoms with Crippen LogP contribution in [0.4, 0.5) is 0 Å². The molecule has 0 radical (unpaired) electrons. The van der Waals surface area contributed by atoms with Gasteiger partial charge in [0.05, 0.1) is 13.2 Å². The quantitative estimate of drug-likeness (QED) is 0.396. The van der Waals surface area contributed by atoms with Crippen LogP contribution in [0.2, 0.25) is 0 Å². The average molecular weight is 398 g/mol. The molecule has 0 saturated carbocycles. The molecular weight excluding hydrogens is 372 g/mol. The SMILES string of the molecule is CCOC(=O)C(O)(C(=O)OCC)C(CC(=O)c1ccccc1)c1ccc(C)cc1. The molecule has 0 amide bonds. The van der Waals surface area contributed by atoms with Gasteiger partial charge in [-0.05, 0) is 26.3 Å². The number of hydrogen-bond acceptors (Lipinski definition) is 6. The normalized spacial score (nSPS) is 12.1. The van der Waals surface area contributed by atoms with Crippen LogP contribution in [0.1, 0.15) is 47.7 Å². The Kier molecular flexibility index (Phi) is 7.67. The summed E-state index contributed by atoms with van der Waals surface area (Å²) in [5, 5.41) is 11.3. The molecule has 0 saturated heterocycles. The summed E-state index contributed by atoms with van der Waals surface area (Å²) in [7, 11) is 0. The molecule has 0 fully saturated rings. The average Bonchev–Trinajstić information content (AvgIpc) is 2.73. The summed E-state index contributed by atoms with van der Waals surface area (Å²) in [6, 6.07) is 15.4. The molecule has 154 valence electrons. The number of ether oxygens (including phenoxy) is 2. The van der Waals surface area contributed by atoms with E-state index in [-0.39, 0.29) is 25.4 Å².